The molecule has 0 aliphatic rings. The first-order valence-corrected chi connectivity index (χ1v) is 8.69. The molecular weight excluding hydrogens is 296 g/mol. The highest BCUT2D eigenvalue weighted by Gasteiger charge is 2.22. The first-order valence-electron chi connectivity index (χ1n) is 6.71. The summed E-state index contributed by atoms with van der Waals surface area (Å²) < 4.78 is 26.7. The first kappa shape index (κ1) is 17.4. The molecule has 114 valence electrons. The van der Waals surface area contributed by atoms with E-state index in [1.807, 2.05) is 27.1 Å². The van der Waals surface area contributed by atoms with Crippen LogP contribution in [0.3, 0.4) is 0 Å². The topological polar surface area (TPSA) is 40.6 Å². The van der Waals surface area contributed by atoms with Gasteiger partial charge in [-0.2, -0.15) is 4.31 Å². The van der Waals surface area contributed by atoms with Crippen molar-refractivity contribution >= 4 is 21.6 Å². The molecule has 0 aliphatic heterocycles. The standard InChI is InChI=1S/C14H23ClN2O2S/c1-4-17(10-6-9-16(2)3)20(18,19)14-8-5-7-13(11-14)12-15/h5,7-8,11H,4,6,9-10,12H2,1-3H3. The van der Waals surface area contributed by atoms with Gasteiger partial charge < -0.3 is 4.90 Å². The number of alkyl halides is 1. The summed E-state index contributed by atoms with van der Waals surface area (Å²) in [6.07, 6.45) is 0.815. The minimum atomic E-state index is -3.43. The number of sulfonamides is 1. The largest absolute Gasteiger partial charge is 0.309 e. The zero-order chi connectivity index (χ0) is 15.2. The molecule has 0 aromatic heterocycles. The van der Waals surface area contributed by atoms with E-state index in [9.17, 15) is 8.42 Å². The first-order chi connectivity index (χ1) is 9.41. The van der Waals surface area contributed by atoms with Gasteiger partial charge in [0.2, 0.25) is 10.0 Å². The summed E-state index contributed by atoms with van der Waals surface area (Å²) in [5.41, 5.74) is 0.817. The van der Waals surface area contributed by atoms with Gasteiger partial charge in [0, 0.05) is 19.0 Å². The Morgan fingerprint density at radius 2 is 1.90 bits per heavy atom. The fourth-order valence-electron chi connectivity index (χ4n) is 1.95. The Hall–Kier alpha value is -0.620. The van der Waals surface area contributed by atoms with Crippen LogP contribution in [0.4, 0.5) is 0 Å². The van der Waals surface area contributed by atoms with Gasteiger partial charge in [-0.1, -0.05) is 19.1 Å². The molecule has 0 atom stereocenters. The highest BCUT2D eigenvalue weighted by Crippen LogP contribution is 2.18. The van der Waals surface area contributed by atoms with Crippen molar-refractivity contribution in [2.75, 3.05) is 33.7 Å². The summed E-state index contributed by atoms with van der Waals surface area (Å²) in [6, 6.07) is 6.84. The molecule has 0 saturated carbocycles. The third-order valence-electron chi connectivity index (χ3n) is 3.06. The van der Waals surface area contributed by atoms with Gasteiger partial charge >= 0.3 is 0 Å². The quantitative estimate of drug-likeness (QED) is 0.691. The number of halogens is 1. The van der Waals surface area contributed by atoms with E-state index in [-0.39, 0.29) is 0 Å². The molecular formula is C14H23ClN2O2S. The van der Waals surface area contributed by atoms with Gasteiger partial charge in [-0.3, -0.25) is 0 Å². The number of hydrogen-bond acceptors (Lipinski definition) is 3. The Balaban J connectivity index is 2.88. The molecule has 1 rings (SSSR count). The molecule has 0 aliphatic carbocycles. The van der Waals surface area contributed by atoms with Crippen LogP contribution >= 0.6 is 11.6 Å². The van der Waals surface area contributed by atoms with Crippen molar-refractivity contribution in [2.24, 2.45) is 0 Å². The second-order valence-electron chi connectivity index (χ2n) is 4.93. The normalized spacial score (nSPS) is 12.3. The lowest BCUT2D eigenvalue weighted by Crippen LogP contribution is -2.33. The van der Waals surface area contributed by atoms with E-state index in [1.54, 1.807) is 18.2 Å². The van der Waals surface area contributed by atoms with Crippen molar-refractivity contribution in [3.63, 3.8) is 0 Å². The Morgan fingerprint density at radius 3 is 2.45 bits per heavy atom. The van der Waals surface area contributed by atoms with E-state index >= 15 is 0 Å². The van der Waals surface area contributed by atoms with Crippen LogP contribution in [0.1, 0.15) is 18.9 Å². The zero-order valence-electron chi connectivity index (χ0n) is 12.3. The third kappa shape index (κ3) is 4.74. The average molecular weight is 319 g/mol. The maximum Gasteiger partial charge on any atom is 0.243 e. The van der Waals surface area contributed by atoms with E-state index in [4.69, 9.17) is 11.6 Å². The minimum Gasteiger partial charge on any atom is -0.309 e. The average Bonchev–Trinajstić information content (AvgIpc) is 2.43. The van der Waals surface area contributed by atoms with E-state index < -0.39 is 10.0 Å². The van der Waals surface area contributed by atoms with Crippen molar-refractivity contribution in [2.45, 2.75) is 24.1 Å². The fraction of sp³-hybridized carbons (Fsp3) is 0.571. The Labute approximate surface area is 127 Å². The molecule has 0 fully saturated rings. The molecule has 1 aromatic carbocycles. The van der Waals surface area contributed by atoms with Crippen LogP contribution in [-0.4, -0.2) is 51.4 Å². The second-order valence-corrected chi connectivity index (χ2v) is 7.14. The predicted octanol–water partition coefficient (Wildman–Crippen LogP) is 2.39. The molecule has 0 amide bonds. The van der Waals surface area contributed by atoms with E-state index in [0.717, 1.165) is 18.5 Å². The van der Waals surface area contributed by atoms with Gasteiger partial charge in [0.25, 0.3) is 0 Å². The SMILES string of the molecule is CCN(CCCN(C)C)S(=O)(=O)c1cccc(CCl)c1. The summed E-state index contributed by atoms with van der Waals surface area (Å²) in [5.74, 6) is 0.316. The van der Waals surface area contributed by atoms with E-state index in [0.29, 0.717) is 23.9 Å². The number of benzene rings is 1. The zero-order valence-corrected chi connectivity index (χ0v) is 13.9. The monoisotopic (exact) mass is 318 g/mol. The van der Waals surface area contributed by atoms with Gasteiger partial charge in [0.1, 0.15) is 0 Å². The van der Waals surface area contributed by atoms with Crippen molar-refractivity contribution < 1.29 is 8.42 Å². The molecule has 0 radical (unpaired) electrons. The van der Waals surface area contributed by atoms with E-state index in [2.05, 4.69) is 4.90 Å². The molecule has 0 bridgehead atoms. The van der Waals surface area contributed by atoms with Crippen LogP contribution in [0.25, 0.3) is 0 Å². The van der Waals surface area contributed by atoms with Crippen LogP contribution in [-0.2, 0) is 15.9 Å². The third-order valence-corrected chi connectivity index (χ3v) is 5.33. The van der Waals surface area contributed by atoms with Crippen molar-refractivity contribution in [3.05, 3.63) is 29.8 Å². The van der Waals surface area contributed by atoms with Crippen LogP contribution in [0.5, 0.6) is 0 Å². The Kier molecular flexibility index (Phi) is 6.95. The summed E-state index contributed by atoms with van der Waals surface area (Å²) in [4.78, 5) is 2.37. The van der Waals surface area contributed by atoms with Gasteiger partial charge in [0.05, 0.1) is 4.90 Å². The molecule has 6 heteroatoms. The number of nitrogens with zero attached hydrogens (tertiary/aromatic N) is 2. The van der Waals surface area contributed by atoms with Gasteiger partial charge in [-0.15, -0.1) is 11.6 Å². The number of rotatable bonds is 8. The van der Waals surface area contributed by atoms with Crippen LogP contribution in [0.15, 0.2) is 29.2 Å². The van der Waals surface area contributed by atoms with E-state index in [1.165, 1.54) is 4.31 Å². The highest BCUT2D eigenvalue weighted by atomic mass is 35.5. The maximum atomic E-state index is 12.6. The van der Waals surface area contributed by atoms with Crippen molar-refractivity contribution in [3.8, 4) is 0 Å². The smallest absolute Gasteiger partial charge is 0.243 e. The van der Waals surface area contributed by atoms with Crippen LogP contribution in [0.2, 0.25) is 0 Å². The maximum absolute atomic E-state index is 12.6. The molecule has 0 saturated heterocycles. The molecule has 4 nitrogen and oxygen atoms in total. The highest BCUT2D eigenvalue weighted by molar-refractivity contribution is 7.89. The molecule has 20 heavy (non-hydrogen) atoms. The fourth-order valence-corrected chi connectivity index (χ4v) is 3.67. The van der Waals surface area contributed by atoms with Gasteiger partial charge in [-0.05, 0) is 44.8 Å². The molecule has 0 N–H and O–H groups in total. The summed E-state index contributed by atoms with van der Waals surface area (Å²) in [5, 5.41) is 0. The van der Waals surface area contributed by atoms with Crippen LogP contribution in [0, 0.1) is 0 Å². The van der Waals surface area contributed by atoms with Crippen LogP contribution < -0.4 is 0 Å². The lowest BCUT2D eigenvalue weighted by atomic mass is 10.2. The Bertz CT molecular complexity index is 518. The second kappa shape index (κ2) is 7.98. The lowest BCUT2D eigenvalue weighted by molar-refractivity contribution is 0.356. The number of hydrogen-bond donors (Lipinski definition) is 0. The molecule has 0 spiro atoms. The van der Waals surface area contributed by atoms with Gasteiger partial charge in [-0.25, -0.2) is 8.42 Å². The lowest BCUT2D eigenvalue weighted by Gasteiger charge is -2.21. The molecule has 0 unspecified atom stereocenters. The summed E-state index contributed by atoms with van der Waals surface area (Å²) >= 11 is 5.77. The summed E-state index contributed by atoms with van der Waals surface area (Å²) in [6.45, 7) is 3.73. The van der Waals surface area contributed by atoms with Gasteiger partial charge in [0.15, 0.2) is 0 Å². The molecule has 0 heterocycles. The molecule has 1 aromatic rings. The minimum absolute atomic E-state index is 0.316. The van der Waals surface area contributed by atoms with Crippen molar-refractivity contribution in [1.29, 1.82) is 0 Å². The predicted molar refractivity (Wildman–Crippen MR) is 83.6 cm³/mol. The Morgan fingerprint density at radius 1 is 1.20 bits per heavy atom. The van der Waals surface area contributed by atoms with Crippen molar-refractivity contribution in [1.82, 2.24) is 9.21 Å². The summed E-state index contributed by atoms with van der Waals surface area (Å²) in [7, 11) is 0.536.